The standard InChI is InChI=1S/C24H28N2O3/c1-2-29-20-12-9-17(10-13-20)22-8-5-15-26(22)23(27)14-11-19-16-18-6-3-4-7-21(18)25-24(19)28/h3-4,6-7,9-10,12-13,19,22H,2,5,8,11,14-16H2,1H3,(H,25,28). The Bertz CT molecular complexity index is 878. The maximum atomic E-state index is 13.0. The molecule has 152 valence electrons. The number of anilines is 1. The number of likely N-dealkylation sites (tertiary alicyclic amines) is 1. The van der Waals surface area contributed by atoms with Gasteiger partial charge >= 0.3 is 0 Å². The summed E-state index contributed by atoms with van der Waals surface area (Å²) in [4.78, 5) is 27.4. The quantitative estimate of drug-likeness (QED) is 0.796. The van der Waals surface area contributed by atoms with Crippen LogP contribution in [0.2, 0.25) is 0 Å². The molecule has 2 aliphatic rings. The van der Waals surface area contributed by atoms with E-state index in [1.807, 2.05) is 48.2 Å². The van der Waals surface area contributed by atoms with Crippen molar-refractivity contribution in [3.8, 4) is 5.75 Å². The third kappa shape index (κ3) is 4.29. The summed E-state index contributed by atoms with van der Waals surface area (Å²) in [7, 11) is 0. The van der Waals surface area contributed by atoms with E-state index < -0.39 is 0 Å². The largest absolute Gasteiger partial charge is 0.494 e. The molecular formula is C24H28N2O3. The third-order valence-corrected chi connectivity index (χ3v) is 5.97. The number of hydrogen-bond donors (Lipinski definition) is 1. The average molecular weight is 392 g/mol. The van der Waals surface area contributed by atoms with Gasteiger partial charge in [0.2, 0.25) is 11.8 Å². The second-order valence-corrected chi connectivity index (χ2v) is 7.83. The minimum atomic E-state index is -0.139. The summed E-state index contributed by atoms with van der Waals surface area (Å²) < 4.78 is 5.52. The van der Waals surface area contributed by atoms with Crippen LogP contribution in [0.5, 0.6) is 5.75 Å². The number of carbonyl (C=O) groups is 2. The zero-order valence-corrected chi connectivity index (χ0v) is 16.9. The molecular weight excluding hydrogens is 364 g/mol. The van der Waals surface area contributed by atoms with E-state index in [2.05, 4.69) is 17.4 Å². The highest BCUT2D eigenvalue weighted by Gasteiger charge is 2.32. The molecule has 1 N–H and O–H groups in total. The van der Waals surface area contributed by atoms with Crippen molar-refractivity contribution in [1.29, 1.82) is 0 Å². The normalized spacial score (nSPS) is 20.9. The molecule has 1 saturated heterocycles. The summed E-state index contributed by atoms with van der Waals surface area (Å²) in [5.74, 6) is 0.894. The number of para-hydroxylation sites is 1. The molecule has 2 atom stereocenters. The number of amides is 2. The lowest BCUT2D eigenvalue weighted by molar-refractivity contribution is -0.132. The van der Waals surface area contributed by atoms with Gasteiger partial charge in [-0.1, -0.05) is 30.3 Å². The monoisotopic (exact) mass is 392 g/mol. The van der Waals surface area contributed by atoms with Crippen molar-refractivity contribution in [2.75, 3.05) is 18.5 Å². The first kappa shape index (κ1) is 19.5. The van der Waals surface area contributed by atoms with Gasteiger partial charge in [-0.25, -0.2) is 0 Å². The van der Waals surface area contributed by atoms with Gasteiger partial charge in [-0.15, -0.1) is 0 Å². The van der Waals surface area contributed by atoms with Crippen LogP contribution in [0.3, 0.4) is 0 Å². The smallest absolute Gasteiger partial charge is 0.227 e. The van der Waals surface area contributed by atoms with Gasteiger partial charge in [0.1, 0.15) is 5.75 Å². The number of nitrogens with zero attached hydrogens (tertiary/aromatic N) is 1. The number of nitrogens with one attached hydrogen (secondary N) is 1. The molecule has 2 unspecified atom stereocenters. The number of ether oxygens (including phenoxy) is 1. The van der Waals surface area contributed by atoms with E-state index in [0.717, 1.165) is 42.0 Å². The van der Waals surface area contributed by atoms with Crippen molar-refractivity contribution in [2.24, 2.45) is 5.92 Å². The summed E-state index contributed by atoms with van der Waals surface area (Å²) in [5.41, 5.74) is 3.21. The molecule has 2 heterocycles. The summed E-state index contributed by atoms with van der Waals surface area (Å²) in [6.45, 7) is 3.40. The Labute approximate surface area is 172 Å². The Hall–Kier alpha value is -2.82. The van der Waals surface area contributed by atoms with Crippen molar-refractivity contribution >= 4 is 17.5 Å². The number of rotatable bonds is 6. The van der Waals surface area contributed by atoms with E-state index >= 15 is 0 Å². The van der Waals surface area contributed by atoms with Crippen molar-refractivity contribution in [1.82, 2.24) is 4.90 Å². The van der Waals surface area contributed by atoms with Gasteiger partial charge in [-0.2, -0.15) is 0 Å². The summed E-state index contributed by atoms with van der Waals surface area (Å²) >= 11 is 0. The lowest BCUT2D eigenvalue weighted by atomic mass is 9.89. The van der Waals surface area contributed by atoms with Crippen LogP contribution in [-0.4, -0.2) is 29.9 Å². The van der Waals surface area contributed by atoms with Gasteiger partial charge in [0.25, 0.3) is 0 Å². The van der Waals surface area contributed by atoms with E-state index in [4.69, 9.17) is 4.74 Å². The molecule has 5 heteroatoms. The summed E-state index contributed by atoms with van der Waals surface area (Å²) in [5, 5.41) is 2.98. The number of hydrogen-bond acceptors (Lipinski definition) is 3. The predicted octanol–water partition coefficient (Wildman–Crippen LogP) is 4.34. The predicted molar refractivity (Wildman–Crippen MR) is 113 cm³/mol. The van der Waals surface area contributed by atoms with Crippen LogP contribution in [0.4, 0.5) is 5.69 Å². The minimum absolute atomic E-state index is 0.0287. The zero-order valence-electron chi connectivity index (χ0n) is 16.9. The first-order valence-electron chi connectivity index (χ1n) is 10.6. The summed E-state index contributed by atoms with van der Waals surface area (Å²) in [6.07, 6.45) is 3.70. The second-order valence-electron chi connectivity index (χ2n) is 7.83. The Morgan fingerprint density at radius 2 is 1.97 bits per heavy atom. The van der Waals surface area contributed by atoms with E-state index in [9.17, 15) is 9.59 Å². The molecule has 0 saturated carbocycles. The van der Waals surface area contributed by atoms with E-state index in [1.165, 1.54) is 0 Å². The molecule has 1 fully saturated rings. The Balaban J connectivity index is 1.37. The first-order chi connectivity index (χ1) is 14.2. The van der Waals surface area contributed by atoms with Crippen LogP contribution in [0, 0.1) is 5.92 Å². The highest BCUT2D eigenvalue weighted by molar-refractivity contribution is 5.96. The molecule has 5 nitrogen and oxygen atoms in total. The van der Waals surface area contributed by atoms with E-state index in [-0.39, 0.29) is 23.8 Å². The molecule has 2 aliphatic heterocycles. The van der Waals surface area contributed by atoms with Gasteiger partial charge < -0.3 is 15.0 Å². The van der Waals surface area contributed by atoms with Gasteiger partial charge in [-0.05, 0) is 61.9 Å². The fourth-order valence-electron chi connectivity index (χ4n) is 4.45. The van der Waals surface area contributed by atoms with Crippen LogP contribution >= 0.6 is 0 Å². The fraction of sp³-hybridized carbons (Fsp3) is 0.417. The van der Waals surface area contributed by atoms with Crippen LogP contribution in [0.15, 0.2) is 48.5 Å². The van der Waals surface area contributed by atoms with Crippen molar-refractivity contribution in [2.45, 2.75) is 45.1 Å². The first-order valence-corrected chi connectivity index (χ1v) is 10.6. The molecule has 0 spiro atoms. The highest BCUT2D eigenvalue weighted by atomic mass is 16.5. The summed E-state index contributed by atoms with van der Waals surface area (Å²) in [6, 6.07) is 16.1. The fourth-order valence-corrected chi connectivity index (χ4v) is 4.45. The van der Waals surface area contributed by atoms with Crippen molar-refractivity contribution < 1.29 is 14.3 Å². The maximum Gasteiger partial charge on any atom is 0.227 e. The van der Waals surface area contributed by atoms with Crippen LogP contribution in [0.1, 0.15) is 49.8 Å². The average Bonchev–Trinajstić information content (AvgIpc) is 3.23. The topological polar surface area (TPSA) is 58.6 Å². The van der Waals surface area contributed by atoms with Crippen LogP contribution in [0.25, 0.3) is 0 Å². The van der Waals surface area contributed by atoms with Crippen LogP contribution < -0.4 is 10.1 Å². The molecule has 2 aromatic carbocycles. The zero-order chi connectivity index (χ0) is 20.2. The molecule has 0 aromatic heterocycles. The second kappa shape index (κ2) is 8.68. The Morgan fingerprint density at radius 3 is 2.76 bits per heavy atom. The number of fused-ring (bicyclic) bond motifs is 1. The van der Waals surface area contributed by atoms with Crippen LogP contribution in [-0.2, 0) is 16.0 Å². The molecule has 0 bridgehead atoms. The molecule has 29 heavy (non-hydrogen) atoms. The Kier molecular flexibility index (Phi) is 5.84. The number of carbonyl (C=O) groups excluding carboxylic acids is 2. The van der Waals surface area contributed by atoms with Gasteiger partial charge in [0, 0.05) is 24.6 Å². The SMILES string of the molecule is CCOc1ccc(C2CCCN2C(=O)CCC2Cc3ccccc3NC2=O)cc1. The Morgan fingerprint density at radius 1 is 1.17 bits per heavy atom. The number of benzene rings is 2. The van der Waals surface area contributed by atoms with Gasteiger partial charge in [0.05, 0.1) is 12.6 Å². The molecule has 4 rings (SSSR count). The molecule has 2 amide bonds. The minimum Gasteiger partial charge on any atom is -0.494 e. The third-order valence-electron chi connectivity index (χ3n) is 5.97. The van der Waals surface area contributed by atoms with E-state index in [1.54, 1.807) is 0 Å². The molecule has 0 aliphatic carbocycles. The lowest BCUT2D eigenvalue weighted by Crippen LogP contribution is -2.33. The van der Waals surface area contributed by atoms with E-state index in [0.29, 0.717) is 25.9 Å². The lowest BCUT2D eigenvalue weighted by Gasteiger charge is -2.27. The van der Waals surface area contributed by atoms with Gasteiger partial charge in [0.15, 0.2) is 0 Å². The van der Waals surface area contributed by atoms with Crippen molar-refractivity contribution in [3.05, 3.63) is 59.7 Å². The molecule has 2 aromatic rings. The van der Waals surface area contributed by atoms with Gasteiger partial charge in [-0.3, -0.25) is 9.59 Å². The van der Waals surface area contributed by atoms with Crippen molar-refractivity contribution in [3.63, 3.8) is 0 Å². The highest BCUT2D eigenvalue weighted by Crippen LogP contribution is 2.34. The molecule has 0 radical (unpaired) electrons. The maximum absolute atomic E-state index is 13.0.